The lowest BCUT2D eigenvalue weighted by molar-refractivity contribution is 0.0627. The molecule has 8 nitrogen and oxygen atoms in total. The predicted octanol–water partition coefficient (Wildman–Crippen LogP) is 3.14. The smallest absolute Gasteiger partial charge is 0.255 e. The number of pyridine rings is 2. The average molecular weight is 450 g/mol. The topological polar surface area (TPSA) is 71.6 Å². The maximum absolute atomic E-state index is 12.9. The van der Waals surface area contributed by atoms with Crippen LogP contribution in [0.4, 0.5) is 0 Å². The highest BCUT2D eigenvalue weighted by atomic mass is 35.5. The molecule has 0 saturated carbocycles. The third kappa shape index (κ3) is 4.11. The van der Waals surface area contributed by atoms with Gasteiger partial charge in [-0.1, -0.05) is 11.6 Å². The van der Waals surface area contributed by atoms with Gasteiger partial charge in [-0.15, -0.1) is 0 Å². The number of piperazine rings is 1. The Hall–Kier alpha value is -3.23. The number of amides is 1. The number of halogens is 1. The highest BCUT2D eigenvalue weighted by Gasteiger charge is 2.23. The van der Waals surface area contributed by atoms with E-state index in [-0.39, 0.29) is 5.91 Å². The molecule has 4 aromatic heterocycles. The van der Waals surface area contributed by atoms with Crippen LogP contribution >= 0.6 is 11.6 Å². The van der Waals surface area contributed by atoms with E-state index in [1.165, 1.54) is 0 Å². The van der Waals surface area contributed by atoms with Gasteiger partial charge in [0.2, 0.25) is 0 Å². The predicted molar refractivity (Wildman–Crippen MR) is 122 cm³/mol. The Morgan fingerprint density at radius 2 is 1.88 bits per heavy atom. The molecule has 0 spiro atoms. The van der Waals surface area contributed by atoms with E-state index in [1.54, 1.807) is 10.9 Å². The molecule has 9 heteroatoms. The van der Waals surface area contributed by atoms with Gasteiger partial charge in [0.25, 0.3) is 5.91 Å². The average Bonchev–Trinajstić information content (AvgIpc) is 3.34. The van der Waals surface area contributed by atoms with Crippen LogP contribution in [0.1, 0.15) is 27.4 Å². The van der Waals surface area contributed by atoms with Crippen molar-refractivity contribution in [2.75, 3.05) is 26.2 Å². The van der Waals surface area contributed by atoms with Crippen molar-refractivity contribution in [3.63, 3.8) is 0 Å². The van der Waals surface area contributed by atoms with Gasteiger partial charge in [-0.2, -0.15) is 5.10 Å². The van der Waals surface area contributed by atoms with E-state index in [0.29, 0.717) is 29.5 Å². The van der Waals surface area contributed by atoms with E-state index < -0.39 is 0 Å². The number of hydrogen-bond acceptors (Lipinski definition) is 5. The van der Waals surface area contributed by atoms with Crippen molar-refractivity contribution < 1.29 is 4.79 Å². The fraction of sp³-hybridized carbons (Fsp3) is 0.304. The molecule has 0 unspecified atom stereocenters. The first-order valence-corrected chi connectivity index (χ1v) is 11.0. The van der Waals surface area contributed by atoms with Crippen LogP contribution in [0.3, 0.4) is 0 Å². The zero-order valence-corrected chi connectivity index (χ0v) is 18.8. The van der Waals surface area contributed by atoms with Gasteiger partial charge in [0.15, 0.2) is 5.82 Å². The molecule has 1 saturated heterocycles. The molecule has 0 atom stereocenters. The lowest BCUT2D eigenvalue weighted by Gasteiger charge is -2.34. The van der Waals surface area contributed by atoms with Crippen LogP contribution in [-0.2, 0) is 6.54 Å². The van der Waals surface area contributed by atoms with Crippen molar-refractivity contribution in [3.05, 3.63) is 76.6 Å². The molecular formula is C23H24ClN7O. The summed E-state index contributed by atoms with van der Waals surface area (Å²) in [6.07, 6.45) is 5.51. The van der Waals surface area contributed by atoms with Gasteiger partial charge in [0, 0.05) is 57.0 Å². The van der Waals surface area contributed by atoms with Crippen LogP contribution in [-0.4, -0.2) is 66.0 Å². The largest absolute Gasteiger partial charge is 0.336 e. The Kier molecular flexibility index (Phi) is 5.40. The number of nitrogens with zero attached hydrogens (tertiary/aromatic N) is 7. The van der Waals surface area contributed by atoms with Crippen LogP contribution in [0.5, 0.6) is 0 Å². The fourth-order valence-corrected chi connectivity index (χ4v) is 4.28. The Bertz CT molecular complexity index is 1270. The molecule has 1 fully saturated rings. The van der Waals surface area contributed by atoms with Crippen molar-refractivity contribution >= 4 is 23.2 Å². The Balaban J connectivity index is 1.20. The Morgan fingerprint density at radius 3 is 2.56 bits per heavy atom. The summed E-state index contributed by atoms with van der Waals surface area (Å²) in [5.74, 6) is 0.727. The molecule has 32 heavy (non-hydrogen) atoms. The molecule has 1 aliphatic rings. The van der Waals surface area contributed by atoms with Gasteiger partial charge in [-0.05, 0) is 44.2 Å². The molecule has 164 valence electrons. The first kappa shape index (κ1) is 20.7. The van der Waals surface area contributed by atoms with Crippen LogP contribution in [0, 0.1) is 13.8 Å². The van der Waals surface area contributed by atoms with Gasteiger partial charge < -0.3 is 9.30 Å². The second-order valence-electron chi connectivity index (χ2n) is 8.16. The van der Waals surface area contributed by atoms with E-state index in [2.05, 4.69) is 20.0 Å². The quantitative estimate of drug-likeness (QED) is 0.478. The molecule has 5 rings (SSSR count). The molecule has 1 amide bonds. The number of imidazole rings is 1. The SMILES string of the molecule is Cc1cc(C)n(-c2ccc(C(=O)N3CCN(Cc4cn5cc(Cl)ccc5n4)CC3)cn2)n1. The van der Waals surface area contributed by atoms with Crippen molar-refractivity contribution in [1.29, 1.82) is 0 Å². The normalized spacial score (nSPS) is 14.9. The van der Waals surface area contributed by atoms with Crippen LogP contribution in [0.25, 0.3) is 11.5 Å². The summed E-state index contributed by atoms with van der Waals surface area (Å²) in [6.45, 7) is 7.65. The minimum atomic E-state index is 0.0134. The first-order valence-electron chi connectivity index (χ1n) is 10.6. The molecule has 1 aliphatic heterocycles. The number of carbonyl (C=O) groups is 1. The summed E-state index contributed by atoms with van der Waals surface area (Å²) in [7, 11) is 0. The van der Waals surface area contributed by atoms with E-state index in [4.69, 9.17) is 11.6 Å². The first-order chi connectivity index (χ1) is 15.5. The van der Waals surface area contributed by atoms with Gasteiger partial charge in [0.1, 0.15) is 5.65 Å². The summed E-state index contributed by atoms with van der Waals surface area (Å²) >= 11 is 6.06. The monoisotopic (exact) mass is 449 g/mol. The number of fused-ring (bicyclic) bond motifs is 1. The summed E-state index contributed by atoms with van der Waals surface area (Å²) in [4.78, 5) is 26.3. The molecule has 4 aromatic rings. The van der Waals surface area contributed by atoms with E-state index in [0.717, 1.165) is 42.4 Å². The zero-order valence-electron chi connectivity index (χ0n) is 18.1. The maximum Gasteiger partial charge on any atom is 0.255 e. The molecule has 0 radical (unpaired) electrons. The van der Waals surface area contributed by atoms with Crippen LogP contribution < -0.4 is 0 Å². The summed E-state index contributed by atoms with van der Waals surface area (Å²) < 4.78 is 3.73. The summed E-state index contributed by atoms with van der Waals surface area (Å²) in [5, 5.41) is 5.13. The van der Waals surface area contributed by atoms with Crippen LogP contribution in [0.2, 0.25) is 5.02 Å². The number of aromatic nitrogens is 5. The van der Waals surface area contributed by atoms with Crippen LogP contribution in [0.15, 0.2) is 48.9 Å². The molecule has 0 bridgehead atoms. The fourth-order valence-electron chi connectivity index (χ4n) is 4.11. The summed E-state index contributed by atoms with van der Waals surface area (Å²) in [5.41, 5.74) is 4.43. The minimum Gasteiger partial charge on any atom is -0.336 e. The maximum atomic E-state index is 12.9. The van der Waals surface area contributed by atoms with E-state index in [9.17, 15) is 4.79 Å². The highest BCUT2D eigenvalue weighted by molar-refractivity contribution is 6.30. The summed E-state index contributed by atoms with van der Waals surface area (Å²) in [6, 6.07) is 9.43. The number of aryl methyl sites for hydroxylation is 2. The lowest BCUT2D eigenvalue weighted by atomic mass is 10.2. The third-order valence-electron chi connectivity index (χ3n) is 5.73. The zero-order chi connectivity index (χ0) is 22.2. The highest BCUT2D eigenvalue weighted by Crippen LogP contribution is 2.16. The van der Waals surface area contributed by atoms with Gasteiger partial charge >= 0.3 is 0 Å². The lowest BCUT2D eigenvalue weighted by Crippen LogP contribution is -2.48. The Morgan fingerprint density at radius 1 is 1.06 bits per heavy atom. The van der Waals surface area contributed by atoms with E-state index >= 15 is 0 Å². The van der Waals surface area contributed by atoms with E-state index in [1.807, 2.05) is 65.9 Å². The number of rotatable bonds is 4. The van der Waals surface area contributed by atoms with Gasteiger partial charge in [-0.3, -0.25) is 9.69 Å². The van der Waals surface area contributed by atoms with Gasteiger partial charge in [-0.25, -0.2) is 14.6 Å². The molecule has 0 N–H and O–H groups in total. The Labute approximate surface area is 191 Å². The molecular weight excluding hydrogens is 426 g/mol. The minimum absolute atomic E-state index is 0.0134. The molecule has 5 heterocycles. The second kappa shape index (κ2) is 8.37. The van der Waals surface area contributed by atoms with Crippen molar-refractivity contribution in [2.24, 2.45) is 0 Å². The van der Waals surface area contributed by atoms with Crippen molar-refractivity contribution in [1.82, 2.24) is 33.9 Å². The van der Waals surface area contributed by atoms with Gasteiger partial charge in [0.05, 0.1) is 22.0 Å². The van der Waals surface area contributed by atoms with Crippen molar-refractivity contribution in [3.8, 4) is 5.82 Å². The molecule has 0 aliphatic carbocycles. The second-order valence-corrected chi connectivity index (χ2v) is 8.59. The standard InChI is InChI=1S/C23H24ClN7O/c1-16-11-17(2)31(27-16)21-5-3-18(12-25-21)23(32)29-9-7-28(8-10-29)14-20-15-30-13-19(24)4-6-22(30)26-20/h3-6,11-13,15H,7-10,14H2,1-2H3. The van der Waals surface area contributed by atoms with Crippen molar-refractivity contribution in [2.45, 2.75) is 20.4 Å². The number of carbonyl (C=O) groups excluding carboxylic acids is 1. The molecule has 0 aromatic carbocycles. The number of hydrogen-bond donors (Lipinski definition) is 0. The third-order valence-corrected chi connectivity index (χ3v) is 5.95.